The first-order valence-corrected chi connectivity index (χ1v) is 8.64. The number of aromatic nitrogens is 1. The van der Waals surface area contributed by atoms with Crippen LogP contribution in [0.1, 0.15) is 20.8 Å². The van der Waals surface area contributed by atoms with Crippen LogP contribution in [0.4, 0.5) is 8.78 Å². The van der Waals surface area contributed by atoms with Crippen molar-refractivity contribution < 1.29 is 18.4 Å². The molecule has 0 atom stereocenters. The number of hydrogen-bond donors (Lipinski definition) is 1. The third kappa shape index (κ3) is 3.40. The van der Waals surface area contributed by atoms with E-state index in [0.29, 0.717) is 43.0 Å². The number of fused-ring (bicyclic) bond motifs is 1. The Kier molecular flexibility index (Phi) is 4.35. The molecule has 2 heterocycles. The van der Waals surface area contributed by atoms with Crippen LogP contribution in [-0.2, 0) is 0 Å². The molecule has 0 aliphatic carbocycles. The summed E-state index contributed by atoms with van der Waals surface area (Å²) >= 11 is 0. The molecule has 1 aromatic heterocycles. The van der Waals surface area contributed by atoms with Gasteiger partial charge in [-0.25, -0.2) is 8.78 Å². The van der Waals surface area contributed by atoms with Crippen LogP contribution in [0, 0.1) is 11.6 Å². The van der Waals surface area contributed by atoms with Gasteiger partial charge in [-0.3, -0.25) is 9.59 Å². The van der Waals surface area contributed by atoms with Crippen molar-refractivity contribution in [1.29, 1.82) is 0 Å². The molecule has 4 rings (SSSR count). The Labute approximate surface area is 154 Å². The highest BCUT2D eigenvalue weighted by Gasteiger charge is 2.26. The van der Waals surface area contributed by atoms with Crippen LogP contribution in [-0.4, -0.2) is 52.8 Å². The summed E-state index contributed by atoms with van der Waals surface area (Å²) in [5, 5.41) is 0.768. The summed E-state index contributed by atoms with van der Waals surface area (Å²) in [5.41, 5.74) is 1.39. The highest BCUT2D eigenvalue weighted by molar-refractivity contribution is 5.98. The van der Waals surface area contributed by atoms with E-state index in [1.165, 1.54) is 36.4 Å². The van der Waals surface area contributed by atoms with E-state index in [2.05, 4.69) is 4.98 Å². The summed E-state index contributed by atoms with van der Waals surface area (Å²) in [6.45, 7) is 1.60. The van der Waals surface area contributed by atoms with Gasteiger partial charge in [0.1, 0.15) is 17.3 Å². The number of carbonyl (C=O) groups is 2. The normalized spacial score (nSPS) is 14.6. The first-order chi connectivity index (χ1) is 13.0. The summed E-state index contributed by atoms with van der Waals surface area (Å²) in [7, 11) is 0. The molecule has 5 nitrogen and oxygen atoms in total. The van der Waals surface area contributed by atoms with E-state index in [9.17, 15) is 18.4 Å². The van der Waals surface area contributed by atoms with E-state index in [1.54, 1.807) is 21.9 Å². The Morgan fingerprint density at radius 3 is 2.04 bits per heavy atom. The van der Waals surface area contributed by atoms with Crippen LogP contribution < -0.4 is 0 Å². The smallest absolute Gasteiger partial charge is 0.270 e. The van der Waals surface area contributed by atoms with Crippen molar-refractivity contribution in [3.8, 4) is 0 Å². The third-order valence-electron chi connectivity index (χ3n) is 4.76. The molecule has 27 heavy (non-hydrogen) atoms. The second kappa shape index (κ2) is 6.83. The summed E-state index contributed by atoms with van der Waals surface area (Å²) < 4.78 is 26.3. The van der Waals surface area contributed by atoms with Crippen LogP contribution in [0.5, 0.6) is 0 Å². The standard InChI is InChI=1S/C20H17F2N3O2/c21-15-4-1-13(2-5-15)19(26)24-7-9-25(10-8-24)20(27)18-11-14-3-6-16(22)12-17(14)23-18/h1-6,11-12,23H,7-10H2. The number of hydrogen-bond acceptors (Lipinski definition) is 2. The fourth-order valence-corrected chi connectivity index (χ4v) is 3.27. The maximum absolute atomic E-state index is 13.3. The number of nitrogens with zero attached hydrogens (tertiary/aromatic N) is 2. The molecule has 1 N–H and O–H groups in total. The molecule has 1 fully saturated rings. The molecule has 7 heteroatoms. The van der Waals surface area contributed by atoms with E-state index in [0.717, 1.165) is 5.39 Å². The van der Waals surface area contributed by atoms with Crippen LogP contribution in [0.2, 0.25) is 0 Å². The number of aromatic amines is 1. The molecule has 0 radical (unpaired) electrons. The monoisotopic (exact) mass is 369 g/mol. The predicted molar refractivity (Wildman–Crippen MR) is 96.5 cm³/mol. The number of H-pyrrole nitrogens is 1. The number of carbonyl (C=O) groups excluding carboxylic acids is 2. The van der Waals surface area contributed by atoms with Gasteiger partial charge in [0.05, 0.1) is 0 Å². The number of piperazine rings is 1. The Morgan fingerprint density at radius 2 is 1.37 bits per heavy atom. The maximum Gasteiger partial charge on any atom is 0.270 e. The van der Waals surface area contributed by atoms with Crippen molar-refractivity contribution in [1.82, 2.24) is 14.8 Å². The van der Waals surface area contributed by atoms with Gasteiger partial charge in [0.2, 0.25) is 0 Å². The Bertz CT molecular complexity index is 1010. The molecule has 2 amide bonds. The minimum atomic E-state index is -0.389. The average molecular weight is 369 g/mol. The molecular weight excluding hydrogens is 352 g/mol. The predicted octanol–water partition coefficient (Wildman–Crippen LogP) is 3.04. The Balaban J connectivity index is 1.42. The molecule has 1 saturated heterocycles. The van der Waals surface area contributed by atoms with Crippen molar-refractivity contribution >= 4 is 22.7 Å². The quantitative estimate of drug-likeness (QED) is 0.755. The zero-order valence-corrected chi connectivity index (χ0v) is 14.4. The lowest BCUT2D eigenvalue weighted by atomic mass is 10.1. The van der Waals surface area contributed by atoms with E-state index in [4.69, 9.17) is 0 Å². The number of halogens is 2. The Hall–Kier alpha value is -3.22. The van der Waals surface area contributed by atoms with E-state index in [1.807, 2.05) is 0 Å². The number of nitrogens with one attached hydrogen (secondary N) is 1. The zero-order chi connectivity index (χ0) is 19.0. The molecule has 0 unspecified atom stereocenters. The lowest BCUT2D eigenvalue weighted by Gasteiger charge is -2.34. The van der Waals surface area contributed by atoms with Gasteiger partial charge >= 0.3 is 0 Å². The van der Waals surface area contributed by atoms with Gasteiger partial charge in [-0.2, -0.15) is 0 Å². The van der Waals surface area contributed by atoms with Crippen molar-refractivity contribution in [2.45, 2.75) is 0 Å². The second-order valence-electron chi connectivity index (χ2n) is 6.51. The fourth-order valence-electron chi connectivity index (χ4n) is 3.27. The van der Waals surface area contributed by atoms with E-state index < -0.39 is 0 Å². The summed E-state index contributed by atoms with van der Waals surface area (Å²) in [4.78, 5) is 31.4. The minimum absolute atomic E-state index is 0.178. The largest absolute Gasteiger partial charge is 0.350 e. The maximum atomic E-state index is 13.3. The number of rotatable bonds is 2. The molecule has 1 aliphatic rings. The van der Waals surface area contributed by atoms with Crippen molar-refractivity contribution in [3.05, 3.63) is 71.4 Å². The lowest BCUT2D eigenvalue weighted by Crippen LogP contribution is -2.50. The molecule has 0 bridgehead atoms. The Morgan fingerprint density at radius 1 is 0.778 bits per heavy atom. The van der Waals surface area contributed by atoms with Crippen molar-refractivity contribution in [2.75, 3.05) is 26.2 Å². The summed E-state index contributed by atoms with van der Waals surface area (Å²) in [6.07, 6.45) is 0. The van der Waals surface area contributed by atoms with Gasteiger partial charge < -0.3 is 14.8 Å². The first kappa shape index (κ1) is 17.2. The molecule has 138 valence electrons. The van der Waals surface area contributed by atoms with Gasteiger partial charge in [-0.1, -0.05) is 0 Å². The molecule has 2 aromatic carbocycles. The van der Waals surface area contributed by atoms with E-state index in [-0.39, 0.29) is 23.4 Å². The topological polar surface area (TPSA) is 56.4 Å². The van der Waals surface area contributed by atoms with Crippen LogP contribution >= 0.6 is 0 Å². The molecular formula is C20H17F2N3O2. The summed E-state index contributed by atoms with van der Waals surface area (Å²) in [6, 6.07) is 11.5. The highest BCUT2D eigenvalue weighted by atomic mass is 19.1. The molecule has 0 spiro atoms. The fraction of sp³-hybridized carbons (Fsp3) is 0.200. The van der Waals surface area contributed by atoms with Crippen LogP contribution in [0.3, 0.4) is 0 Å². The van der Waals surface area contributed by atoms with Gasteiger partial charge in [0, 0.05) is 42.6 Å². The second-order valence-corrected chi connectivity index (χ2v) is 6.51. The molecule has 1 aliphatic heterocycles. The van der Waals surface area contributed by atoms with Gasteiger partial charge in [0.25, 0.3) is 11.8 Å². The summed E-state index contributed by atoms with van der Waals surface area (Å²) in [5.74, 6) is -1.11. The lowest BCUT2D eigenvalue weighted by molar-refractivity contribution is 0.0533. The number of benzene rings is 2. The zero-order valence-electron chi connectivity index (χ0n) is 14.4. The van der Waals surface area contributed by atoms with Gasteiger partial charge in [-0.05, 0) is 48.5 Å². The van der Waals surface area contributed by atoms with E-state index >= 15 is 0 Å². The average Bonchev–Trinajstić information content (AvgIpc) is 3.11. The minimum Gasteiger partial charge on any atom is -0.350 e. The highest BCUT2D eigenvalue weighted by Crippen LogP contribution is 2.19. The third-order valence-corrected chi connectivity index (χ3v) is 4.76. The van der Waals surface area contributed by atoms with Crippen LogP contribution in [0.25, 0.3) is 10.9 Å². The first-order valence-electron chi connectivity index (χ1n) is 8.64. The van der Waals surface area contributed by atoms with Crippen molar-refractivity contribution in [3.63, 3.8) is 0 Å². The van der Waals surface area contributed by atoms with Gasteiger partial charge in [0.15, 0.2) is 0 Å². The van der Waals surface area contributed by atoms with Gasteiger partial charge in [-0.15, -0.1) is 0 Å². The van der Waals surface area contributed by atoms with Crippen molar-refractivity contribution in [2.24, 2.45) is 0 Å². The number of amides is 2. The SMILES string of the molecule is O=C(c1ccc(F)cc1)N1CCN(C(=O)c2cc3ccc(F)cc3[nH]2)CC1. The molecule has 0 saturated carbocycles. The van der Waals surface area contributed by atoms with Crippen LogP contribution in [0.15, 0.2) is 48.5 Å². The molecule has 3 aromatic rings.